The molecule has 1 atom stereocenters. The molecule has 0 aliphatic heterocycles. The number of hydrogen-bond donors (Lipinski definition) is 2. The molecule has 170 valence electrons. The molecule has 7 heteroatoms. The van der Waals surface area contributed by atoms with Gasteiger partial charge in [0, 0.05) is 39.8 Å². The fraction of sp³-hybridized carbons (Fsp3) is 0.417. The van der Waals surface area contributed by atoms with Crippen LogP contribution in [-0.2, 0) is 17.8 Å². The summed E-state index contributed by atoms with van der Waals surface area (Å²) in [5.41, 5.74) is 3.02. The Labute approximate surface area is 203 Å². The predicted octanol–water partition coefficient (Wildman–Crippen LogP) is 3.57. The predicted molar refractivity (Wildman–Crippen MR) is 138 cm³/mol. The molecular weight excluding hydrogens is 503 g/mol. The van der Waals surface area contributed by atoms with Crippen molar-refractivity contribution in [2.24, 2.45) is 10.9 Å². The first kappa shape index (κ1) is 26.9. The number of ether oxygens (including phenoxy) is 1. The van der Waals surface area contributed by atoms with Gasteiger partial charge in [-0.1, -0.05) is 49.4 Å². The first-order valence-corrected chi connectivity index (χ1v) is 10.4. The van der Waals surface area contributed by atoms with Crippen LogP contribution in [0.4, 0.5) is 0 Å². The van der Waals surface area contributed by atoms with E-state index < -0.39 is 0 Å². The van der Waals surface area contributed by atoms with E-state index in [9.17, 15) is 4.79 Å². The molecule has 0 aromatic heterocycles. The van der Waals surface area contributed by atoms with Crippen LogP contribution in [-0.4, -0.2) is 57.6 Å². The molecule has 2 rings (SSSR count). The highest BCUT2D eigenvalue weighted by Crippen LogP contribution is 2.08. The van der Waals surface area contributed by atoms with E-state index in [0.29, 0.717) is 24.7 Å². The van der Waals surface area contributed by atoms with E-state index in [-0.39, 0.29) is 29.9 Å². The minimum atomic E-state index is 0. The zero-order chi connectivity index (χ0) is 21.8. The second-order valence-electron chi connectivity index (χ2n) is 7.64. The summed E-state index contributed by atoms with van der Waals surface area (Å²) in [5, 5.41) is 6.68. The number of nitrogens with one attached hydrogen (secondary N) is 2. The Hall–Kier alpha value is -2.13. The van der Waals surface area contributed by atoms with Crippen molar-refractivity contribution in [2.45, 2.75) is 20.0 Å². The van der Waals surface area contributed by atoms with E-state index in [1.165, 1.54) is 5.56 Å². The molecule has 0 saturated carbocycles. The number of benzene rings is 2. The lowest BCUT2D eigenvalue weighted by molar-refractivity contribution is 0.0827. The van der Waals surface area contributed by atoms with E-state index in [2.05, 4.69) is 34.7 Å². The molecule has 0 spiro atoms. The molecule has 1 amide bonds. The summed E-state index contributed by atoms with van der Waals surface area (Å²) in [5.74, 6) is 1.15. The summed E-state index contributed by atoms with van der Waals surface area (Å²) < 4.78 is 5.80. The zero-order valence-corrected chi connectivity index (χ0v) is 21.3. The van der Waals surface area contributed by atoms with E-state index in [0.717, 1.165) is 31.0 Å². The monoisotopic (exact) mass is 538 g/mol. The highest BCUT2D eigenvalue weighted by molar-refractivity contribution is 14.0. The Balaban J connectivity index is 0.00000480. The number of halogens is 1. The lowest BCUT2D eigenvalue weighted by Crippen LogP contribution is -2.40. The molecule has 0 saturated heterocycles. The van der Waals surface area contributed by atoms with Gasteiger partial charge in [0.25, 0.3) is 5.91 Å². The van der Waals surface area contributed by atoms with Crippen LogP contribution >= 0.6 is 24.0 Å². The largest absolute Gasteiger partial charge is 0.376 e. The second kappa shape index (κ2) is 14.8. The molecule has 0 heterocycles. The van der Waals surface area contributed by atoms with Gasteiger partial charge in [0.15, 0.2) is 5.96 Å². The van der Waals surface area contributed by atoms with Gasteiger partial charge in [-0.25, -0.2) is 0 Å². The maximum absolute atomic E-state index is 12.1. The Bertz CT molecular complexity index is 812. The minimum absolute atomic E-state index is 0. The van der Waals surface area contributed by atoms with Gasteiger partial charge in [0.1, 0.15) is 0 Å². The van der Waals surface area contributed by atoms with Gasteiger partial charge >= 0.3 is 0 Å². The van der Waals surface area contributed by atoms with Gasteiger partial charge < -0.3 is 20.3 Å². The third-order valence-corrected chi connectivity index (χ3v) is 4.64. The molecule has 2 aromatic carbocycles. The van der Waals surface area contributed by atoms with E-state index in [1.807, 2.05) is 42.5 Å². The topological polar surface area (TPSA) is 66.0 Å². The summed E-state index contributed by atoms with van der Waals surface area (Å²) in [6.45, 7) is 4.98. The Morgan fingerprint density at radius 1 is 1.06 bits per heavy atom. The molecule has 0 aliphatic carbocycles. The average molecular weight is 538 g/mol. The number of amides is 1. The molecule has 6 nitrogen and oxygen atoms in total. The standard InChI is InChI=1S/C24H34N4O2.HI/c1-19(17-30-18-21-9-6-5-7-10-21)16-27-24(25-2)26-14-13-20-11-8-12-22(15-20)23(29)28(3)4;/h5-12,15,19H,13-14,16-18H2,1-4H3,(H2,25,26,27);1H. The SMILES string of the molecule is CN=C(NCCc1cccc(C(=O)N(C)C)c1)NCC(C)COCc1ccccc1.I. The Kier molecular flexibility index (Phi) is 12.8. The first-order chi connectivity index (χ1) is 14.5. The van der Waals surface area contributed by atoms with Crippen LogP contribution in [0, 0.1) is 5.92 Å². The van der Waals surface area contributed by atoms with Crippen LogP contribution in [0.15, 0.2) is 59.6 Å². The van der Waals surface area contributed by atoms with Crippen LogP contribution in [0.5, 0.6) is 0 Å². The van der Waals surface area contributed by atoms with Crippen molar-refractivity contribution in [3.05, 3.63) is 71.3 Å². The molecule has 0 bridgehead atoms. The van der Waals surface area contributed by atoms with Gasteiger partial charge in [-0.05, 0) is 35.6 Å². The van der Waals surface area contributed by atoms with Gasteiger partial charge in [-0.3, -0.25) is 9.79 Å². The molecule has 0 fully saturated rings. The summed E-state index contributed by atoms with van der Waals surface area (Å²) >= 11 is 0. The normalized spacial score (nSPS) is 11.9. The smallest absolute Gasteiger partial charge is 0.253 e. The lowest BCUT2D eigenvalue weighted by atomic mass is 10.1. The quantitative estimate of drug-likeness (QED) is 0.276. The molecule has 2 N–H and O–H groups in total. The van der Waals surface area contributed by atoms with Gasteiger partial charge in [0.05, 0.1) is 13.2 Å². The molecule has 31 heavy (non-hydrogen) atoms. The molecule has 1 unspecified atom stereocenters. The van der Waals surface area contributed by atoms with Gasteiger partial charge in [-0.15, -0.1) is 24.0 Å². The fourth-order valence-electron chi connectivity index (χ4n) is 2.95. The first-order valence-electron chi connectivity index (χ1n) is 10.4. The van der Waals surface area contributed by atoms with Gasteiger partial charge in [-0.2, -0.15) is 0 Å². The number of aliphatic imine (C=N–C) groups is 1. The number of carbonyl (C=O) groups excluding carboxylic acids is 1. The van der Waals surface area contributed by atoms with E-state index in [4.69, 9.17) is 4.74 Å². The Morgan fingerprint density at radius 2 is 1.77 bits per heavy atom. The summed E-state index contributed by atoms with van der Waals surface area (Å²) in [6.07, 6.45) is 0.811. The summed E-state index contributed by atoms with van der Waals surface area (Å²) in [7, 11) is 5.29. The molecular formula is C24H35IN4O2. The van der Waals surface area contributed by atoms with Crippen molar-refractivity contribution >= 4 is 35.8 Å². The summed E-state index contributed by atoms with van der Waals surface area (Å²) in [4.78, 5) is 18.0. The maximum Gasteiger partial charge on any atom is 0.253 e. The van der Waals surface area contributed by atoms with Crippen LogP contribution < -0.4 is 10.6 Å². The van der Waals surface area contributed by atoms with E-state index in [1.54, 1.807) is 26.0 Å². The number of guanidine groups is 1. The third kappa shape index (κ3) is 10.1. The van der Waals surface area contributed by atoms with Crippen LogP contribution in [0.2, 0.25) is 0 Å². The second-order valence-corrected chi connectivity index (χ2v) is 7.64. The lowest BCUT2D eigenvalue weighted by Gasteiger charge is -2.16. The van der Waals surface area contributed by atoms with Crippen LogP contribution in [0.3, 0.4) is 0 Å². The molecule has 0 radical (unpaired) electrons. The van der Waals surface area contributed by atoms with Crippen molar-refractivity contribution in [3.8, 4) is 0 Å². The van der Waals surface area contributed by atoms with Crippen LogP contribution in [0.25, 0.3) is 0 Å². The van der Waals surface area contributed by atoms with Crippen LogP contribution in [0.1, 0.15) is 28.4 Å². The van der Waals surface area contributed by atoms with Crippen molar-refractivity contribution in [3.63, 3.8) is 0 Å². The number of carbonyl (C=O) groups is 1. The highest BCUT2D eigenvalue weighted by atomic mass is 127. The van der Waals surface area contributed by atoms with Crippen molar-refractivity contribution < 1.29 is 9.53 Å². The number of hydrogen-bond acceptors (Lipinski definition) is 3. The van der Waals surface area contributed by atoms with Crippen molar-refractivity contribution in [2.75, 3.05) is 40.8 Å². The van der Waals surface area contributed by atoms with Crippen molar-refractivity contribution in [1.29, 1.82) is 0 Å². The Morgan fingerprint density at radius 3 is 2.45 bits per heavy atom. The van der Waals surface area contributed by atoms with E-state index >= 15 is 0 Å². The zero-order valence-electron chi connectivity index (χ0n) is 18.9. The third-order valence-electron chi connectivity index (χ3n) is 4.64. The maximum atomic E-state index is 12.1. The summed E-state index contributed by atoms with van der Waals surface area (Å²) in [6, 6.07) is 18.0. The van der Waals surface area contributed by atoms with Crippen molar-refractivity contribution in [1.82, 2.24) is 15.5 Å². The molecule has 0 aliphatic rings. The highest BCUT2D eigenvalue weighted by Gasteiger charge is 2.08. The fourth-order valence-corrected chi connectivity index (χ4v) is 2.95. The molecule has 2 aromatic rings. The number of rotatable bonds is 10. The average Bonchev–Trinajstić information content (AvgIpc) is 2.76. The van der Waals surface area contributed by atoms with Gasteiger partial charge in [0.2, 0.25) is 0 Å². The number of nitrogens with zero attached hydrogens (tertiary/aromatic N) is 2. The minimum Gasteiger partial charge on any atom is -0.376 e.